The number of hydrogen-bond acceptors (Lipinski definition) is 5. The Kier molecular flexibility index (Phi) is 2.75. The highest BCUT2D eigenvalue weighted by Crippen LogP contribution is 2.18. The van der Waals surface area contributed by atoms with Crippen LogP contribution in [0.5, 0.6) is 0 Å². The Balaban J connectivity index is 1.93. The molecule has 0 aromatic carbocycles. The van der Waals surface area contributed by atoms with E-state index < -0.39 is 0 Å². The molecule has 0 aliphatic carbocycles. The Bertz CT molecular complexity index is 249. The Morgan fingerprint density at radius 3 is 3.31 bits per heavy atom. The number of aromatic nitrogens is 2. The number of anilines is 1. The second-order valence-electron chi connectivity index (χ2n) is 3.50. The van der Waals surface area contributed by atoms with Crippen molar-refractivity contribution in [1.29, 1.82) is 0 Å². The first-order valence-corrected chi connectivity index (χ1v) is 5.38. The fourth-order valence-electron chi connectivity index (χ4n) is 1.64. The molecular formula is C8H14N4S. The van der Waals surface area contributed by atoms with E-state index in [0.717, 1.165) is 18.1 Å². The summed E-state index contributed by atoms with van der Waals surface area (Å²) in [5.41, 5.74) is 0. The largest absolute Gasteiger partial charge is 0.371 e. The van der Waals surface area contributed by atoms with Gasteiger partial charge in [0.1, 0.15) is 5.00 Å². The lowest BCUT2D eigenvalue weighted by Crippen LogP contribution is -2.42. The molecule has 4 nitrogen and oxygen atoms in total. The number of hydrogen-bond donors (Lipinski definition) is 2. The molecular weight excluding hydrogens is 184 g/mol. The zero-order valence-corrected chi connectivity index (χ0v) is 8.47. The molecule has 1 aliphatic heterocycles. The third kappa shape index (κ3) is 2.16. The van der Waals surface area contributed by atoms with Gasteiger partial charge in [0, 0.05) is 17.6 Å². The van der Waals surface area contributed by atoms with E-state index >= 15 is 0 Å². The summed E-state index contributed by atoms with van der Waals surface area (Å²) in [4.78, 5) is 0. The summed E-state index contributed by atoms with van der Waals surface area (Å²) in [6.07, 6.45) is 2.97. The van der Waals surface area contributed by atoms with Gasteiger partial charge in [-0.15, -0.1) is 5.10 Å². The molecule has 1 saturated heterocycles. The van der Waals surface area contributed by atoms with E-state index in [4.69, 9.17) is 0 Å². The first-order valence-electron chi connectivity index (χ1n) is 4.61. The molecule has 1 fully saturated rings. The molecule has 0 saturated carbocycles. The SMILES string of the molecule is CC1CNCCC1Nc1cnns1. The van der Waals surface area contributed by atoms with Crippen LogP contribution in [0.25, 0.3) is 0 Å². The summed E-state index contributed by atoms with van der Waals surface area (Å²) in [6.45, 7) is 4.47. The summed E-state index contributed by atoms with van der Waals surface area (Å²) >= 11 is 1.43. The number of piperidine rings is 1. The fourth-order valence-corrected chi connectivity index (χ4v) is 2.12. The van der Waals surface area contributed by atoms with Crippen molar-refractivity contribution >= 4 is 16.5 Å². The summed E-state index contributed by atoms with van der Waals surface area (Å²) in [6, 6.07) is 0.573. The van der Waals surface area contributed by atoms with Crippen molar-refractivity contribution in [2.45, 2.75) is 19.4 Å². The Morgan fingerprint density at radius 2 is 2.62 bits per heavy atom. The van der Waals surface area contributed by atoms with E-state index in [9.17, 15) is 0 Å². The third-order valence-corrected chi connectivity index (χ3v) is 3.07. The Labute approximate surface area is 81.9 Å². The van der Waals surface area contributed by atoms with Crippen molar-refractivity contribution in [1.82, 2.24) is 14.9 Å². The van der Waals surface area contributed by atoms with Gasteiger partial charge in [-0.05, 0) is 25.4 Å². The molecule has 72 valence electrons. The van der Waals surface area contributed by atoms with Gasteiger partial charge in [0.15, 0.2) is 0 Å². The highest BCUT2D eigenvalue weighted by molar-refractivity contribution is 7.09. The van der Waals surface area contributed by atoms with Crippen LogP contribution < -0.4 is 10.6 Å². The molecule has 2 heterocycles. The molecule has 2 N–H and O–H groups in total. The number of rotatable bonds is 2. The zero-order chi connectivity index (χ0) is 9.10. The Morgan fingerprint density at radius 1 is 1.69 bits per heavy atom. The minimum atomic E-state index is 0.573. The summed E-state index contributed by atoms with van der Waals surface area (Å²) in [5.74, 6) is 0.677. The van der Waals surface area contributed by atoms with Crippen LogP contribution >= 0.6 is 11.5 Å². The molecule has 5 heteroatoms. The minimum absolute atomic E-state index is 0.573. The smallest absolute Gasteiger partial charge is 0.130 e. The van der Waals surface area contributed by atoms with Crippen LogP contribution in [0.1, 0.15) is 13.3 Å². The summed E-state index contributed by atoms with van der Waals surface area (Å²) in [5, 5.41) is 11.7. The fraction of sp³-hybridized carbons (Fsp3) is 0.750. The van der Waals surface area contributed by atoms with Crippen molar-refractivity contribution in [2.75, 3.05) is 18.4 Å². The highest BCUT2D eigenvalue weighted by Gasteiger charge is 2.20. The van der Waals surface area contributed by atoms with Gasteiger partial charge in [0.05, 0.1) is 6.20 Å². The quantitative estimate of drug-likeness (QED) is 0.743. The lowest BCUT2D eigenvalue weighted by atomic mass is 9.95. The van der Waals surface area contributed by atoms with Gasteiger partial charge >= 0.3 is 0 Å². The van der Waals surface area contributed by atoms with Crippen molar-refractivity contribution in [3.63, 3.8) is 0 Å². The molecule has 2 unspecified atom stereocenters. The molecule has 1 aromatic rings. The van der Waals surface area contributed by atoms with Crippen LogP contribution in [0.4, 0.5) is 5.00 Å². The Hall–Kier alpha value is -0.680. The van der Waals surface area contributed by atoms with E-state index in [0.29, 0.717) is 12.0 Å². The molecule has 1 aromatic heterocycles. The second-order valence-corrected chi connectivity index (χ2v) is 4.29. The van der Waals surface area contributed by atoms with Crippen LogP contribution in [0.15, 0.2) is 6.20 Å². The lowest BCUT2D eigenvalue weighted by Gasteiger charge is -2.30. The van der Waals surface area contributed by atoms with Crippen LogP contribution in [0.2, 0.25) is 0 Å². The predicted octanol–water partition coefficient (Wildman–Crippen LogP) is 0.948. The average molecular weight is 198 g/mol. The molecule has 2 atom stereocenters. The number of nitrogens with one attached hydrogen (secondary N) is 2. The van der Waals surface area contributed by atoms with Gasteiger partial charge in [-0.3, -0.25) is 0 Å². The molecule has 0 radical (unpaired) electrons. The monoisotopic (exact) mass is 198 g/mol. The van der Waals surface area contributed by atoms with E-state index in [-0.39, 0.29) is 0 Å². The summed E-state index contributed by atoms with van der Waals surface area (Å²) in [7, 11) is 0. The van der Waals surface area contributed by atoms with Crippen molar-refractivity contribution in [2.24, 2.45) is 5.92 Å². The van der Waals surface area contributed by atoms with E-state index in [1.54, 1.807) is 6.20 Å². The molecule has 1 aliphatic rings. The van der Waals surface area contributed by atoms with E-state index in [2.05, 4.69) is 27.1 Å². The van der Waals surface area contributed by atoms with Crippen LogP contribution in [0, 0.1) is 5.92 Å². The molecule has 13 heavy (non-hydrogen) atoms. The minimum Gasteiger partial charge on any atom is -0.371 e. The van der Waals surface area contributed by atoms with E-state index in [1.165, 1.54) is 18.0 Å². The maximum Gasteiger partial charge on any atom is 0.130 e. The van der Waals surface area contributed by atoms with Gasteiger partial charge in [0.2, 0.25) is 0 Å². The lowest BCUT2D eigenvalue weighted by molar-refractivity contribution is 0.369. The normalized spacial score (nSPS) is 28.7. The third-order valence-electron chi connectivity index (χ3n) is 2.47. The van der Waals surface area contributed by atoms with Crippen LogP contribution in [0.3, 0.4) is 0 Å². The maximum absolute atomic E-state index is 3.83. The molecule has 0 spiro atoms. The molecule has 2 rings (SSSR count). The van der Waals surface area contributed by atoms with Gasteiger partial charge in [-0.25, -0.2) is 0 Å². The van der Waals surface area contributed by atoms with Crippen LogP contribution in [-0.4, -0.2) is 28.7 Å². The highest BCUT2D eigenvalue weighted by atomic mass is 32.1. The van der Waals surface area contributed by atoms with Crippen molar-refractivity contribution in [3.05, 3.63) is 6.20 Å². The van der Waals surface area contributed by atoms with E-state index in [1.807, 2.05) is 0 Å². The maximum atomic E-state index is 3.83. The van der Waals surface area contributed by atoms with Gasteiger partial charge in [0.25, 0.3) is 0 Å². The van der Waals surface area contributed by atoms with Gasteiger partial charge in [-0.2, -0.15) is 0 Å². The first-order chi connectivity index (χ1) is 6.36. The topological polar surface area (TPSA) is 49.8 Å². The summed E-state index contributed by atoms with van der Waals surface area (Å²) < 4.78 is 3.83. The average Bonchev–Trinajstić information content (AvgIpc) is 2.61. The van der Waals surface area contributed by atoms with Crippen molar-refractivity contribution < 1.29 is 0 Å². The van der Waals surface area contributed by atoms with Gasteiger partial charge in [-0.1, -0.05) is 11.4 Å². The number of nitrogens with zero attached hydrogens (tertiary/aromatic N) is 2. The van der Waals surface area contributed by atoms with Crippen molar-refractivity contribution in [3.8, 4) is 0 Å². The standard InChI is InChI=1S/C8H14N4S/c1-6-4-9-3-2-7(6)11-8-5-10-12-13-8/h5-7,9,11H,2-4H2,1H3. The van der Waals surface area contributed by atoms with Gasteiger partial charge < -0.3 is 10.6 Å². The van der Waals surface area contributed by atoms with Crippen LogP contribution in [-0.2, 0) is 0 Å². The predicted molar refractivity (Wildman–Crippen MR) is 54.0 cm³/mol. The first kappa shape index (κ1) is 8.90. The second kappa shape index (κ2) is 4.02. The zero-order valence-electron chi connectivity index (χ0n) is 7.66. The molecule has 0 bridgehead atoms. The molecule has 0 amide bonds.